The van der Waals surface area contributed by atoms with E-state index in [1.807, 2.05) is 4.90 Å². The SMILES string of the molecule is CC(C)NCC[C@@H]1CCN(C(C)C)C1=O. The van der Waals surface area contributed by atoms with Gasteiger partial charge in [-0.25, -0.2) is 0 Å². The van der Waals surface area contributed by atoms with Crippen molar-refractivity contribution in [2.24, 2.45) is 5.92 Å². The summed E-state index contributed by atoms with van der Waals surface area (Å²) in [6.45, 7) is 10.4. The van der Waals surface area contributed by atoms with Crippen molar-refractivity contribution in [1.29, 1.82) is 0 Å². The lowest BCUT2D eigenvalue weighted by molar-refractivity contribution is -0.132. The molecule has 15 heavy (non-hydrogen) atoms. The Labute approximate surface area is 93.2 Å². The van der Waals surface area contributed by atoms with E-state index in [1.165, 1.54) is 0 Å². The minimum atomic E-state index is 0.263. The van der Waals surface area contributed by atoms with E-state index in [-0.39, 0.29) is 5.92 Å². The monoisotopic (exact) mass is 212 g/mol. The molecule has 1 atom stereocenters. The minimum absolute atomic E-state index is 0.263. The molecule has 3 nitrogen and oxygen atoms in total. The third-order valence-electron chi connectivity index (χ3n) is 3.02. The predicted molar refractivity (Wildman–Crippen MR) is 62.7 cm³/mol. The number of rotatable bonds is 5. The average molecular weight is 212 g/mol. The molecule has 88 valence electrons. The molecule has 1 heterocycles. The normalized spacial score (nSPS) is 22.1. The largest absolute Gasteiger partial charge is 0.340 e. The van der Waals surface area contributed by atoms with Gasteiger partial charge < -0.3 is 10.2 Å². The van der Waals surface area contributed by atoms with Crippen LogP contribution in [0.15, 0.2) is 0 Å². The molecule has 0 aromatic carbocycles. The molecule has 0 aromatic heterocycles. The number of carbonyl (C=O) groups excluding carboxylic acids is 1. The maximum Gasteiger partial charge on any atom is 0.226 e. The van der Waals surface area contributed by atoms with Crippen molar-refractivity contribution in [2.75, 3.05) is 13.1 Å². The molecule has 0 saturated carbocycles. The van der Waals surface area contributed by atoms with Crippen molar-refractivity contribution in [3.63, 3.8) is 0 Å². The van der Waals surface area contributed by atoms with Gasteiger partial charge in [0, 0.05) is 24.5 Å². The molecular weight excluding hydrogens is 188 g/mol. The molecule has 0 aromatic rings. The van der Waals surface area contributed by atoms with E-state index in [2.05, 4.69) is 33.0 Å². The smallest absolute Gasteiger partial charge is 0.226 e. The van der Waals surface area contributed by atoms with Crippen LogP contribution in [0.5, 0.6) is 0 Å². The molecular formula is C12H24N2O. The fourth-order valence-electron chi connectivity index (χ4n) is 2.09. The number of amides is 1. The Morgan fingerprint density at radius 2 is 2.07 bits per heavy atom. The molecule has 1 aliphatic rings. The van der Waals surface area contributed by atoms with Crippen molar-refractivity contribution in [3.8, 4) is 0 Å². The molecule has 1 saturated heterocycles. The van der Waals surface area contributed by atoms with Gasteiger partial charge in [0.15, 0.2) is 0 Å². The predicted octanol–water partition coefficient (Wildman–Crippen LogP) is 1.63. The highest BCUT2D eigenvalue weighted by molar-refractivity contribution is 5.81. The molecule has 1 fully saturated rings. The van der Waals surface area contributed by atoms with Crippen LogP contribution >= 0.6 is 0 Å². The van der Waals surface area contributed by atoms with Crippen LogP contribution in [0.1, 0.15) is 40.5 Å². The number of hydrogen-bond acceptors (Lipinski definition) is 2. The molecule has 1 aliphatic heterocycles. The Morgan fingerprint density at radius 1 is 1.40 bits per heavy atom. The van der Waals surface area contributed by atoms with Crippen LogP contribution in [-0.4, -0.2) is 36.0 Å². The molecule has 3 heteroatoms. The van der Waals surface area contributed by atoms with Gasteiger partial charge in [-0.1, -0.05) is 13.8 Å². The Balaban J connectivity index is 2.30. The van der Waals surface area contributed by atoms with E-state index in [0.29, 0.717) is 18.0 Å². The van der Waals surface area contributed by atoms with Crippen molar-refractivity contribution >= 4 is 5.91 Å². The summed E-state index contributed by atoms with van der Waals surface area (Å²) in [4.78, 5) is 13.9. The Kier molecular flexibility index (Phi) is 4.58. The second-order valence-corrected chi connectivity index (χ2v) is 5.01. The van der Waals surface area contributed by atoms with Gasteiger partial charge in [0.05, 0.1) is 0 Å². The van der Waals surface area contributed by atoms with Crippen molar-refractivity contribution < 1.29 is 4.79 Å². The highest BCUT2D eigenvalue weighted by Gasteiger charge is 2.32. The van der Waals surface area contributed by atoms with Gasteiger partial charge >= 0.3 is 0 Å². The lowest BCUT2D eigenvalue weighted by Gasteiger charge is -2.21. The van der Waals surface area contributed by atoms with Gasteiger partial charge in [0.2, 0.25) is 5.91 Å². The highest BCUT2D eigenvalue weighted by Crippen LogP contribution is 2.22. The summed E-state index contributed by atoms with van der Waals surface area (Å²) in [6, 6.07) is 0.878. The standard InChI is InChI=1S/C12H24N2O/c1-9(2)13-7-5-11-6-8-14(10(3)4)12(11)15/h9-11,13H,5-8H2,1-4H3/t11-/m1/s1. The summed E-state index contributed by atoms with van der Waals surface area (Å²) in [5.41, 5.74) is 0. The van der Waals surface area contributed by atoms with Crippen molar-refractivity contribution in [3.05, 3.63) is 0 Å². The lowest BCUT2D eigenvalue weighted by Crippen LogP contribution is -2.34. The highest BCUT2D eigenvalue weighted by atomic mass is 16.2. The zero-order valence-corrected chi connectivity index (χ0v) is 10.4. The summed E-state index contributed by atoms with van der Waals surface area (Å²) in [5.74, 6) is 0.620. The summed E-state index contributed by atoms with van der Waals surface area (Å²) in [5, 5.41) is 3.37. The number of likely N-dealkylation sites (tertiary alicyclic amines) is 1. The van der Waals surface area contributed by atoms with Gasteiger partial charge in [-0.2, -0.15) is 0 Å². The minimum Gasteiger partial charge on any atom is -0.340 e. The zero-order valence-electron chi connectivity index (χ0n) is 10.4. The summed E-state index contributed by atoms with van der Waals surface area (Å²) < 4.78 is 0. The van der Waals surface area contributed by atoms with Gasteiger partial charge in [0.1, 0.15) is 0 Å². The first-order chi connectivity index (χ1) is 7.02. The topological polar surface area (TPSA) is 32.3 Å². The van der Waals surface area contributed by atoms with E-state index in [0.717, 1.165) is 25.9 Å². The molecule has 0 unspecified atom stereocenters. The van der Waals surface area contributed by atoms with E-state index >= 15 is 0 Å². The van der Waals surface area contributed by atoms with Crippen molar-refractivity contribution in [1.82, 2.24) is 10.2 Å². The number of nitrogens with zero attached hydrogens (tertiary/aromatic N) is 1. The van der Waals surface area contributed by atoms with Crippen LogP contribution in [-0.2, 0) is 4.79 Å². The summed E-state index contributed by atoms with van der Waals surface area (Å²) in [6.07, 6.45) is 2.02. The molecule has 0 spiro atoms. The molecule has 0 aliphatic carbocycles. The third-order valence-corrected chi connectivity index (χ3v) is 3.02. The Bertz CT molecular complexity index is 214. The molecule has 1 amide bonds. The van der Waals surface area contributed by atoms with Gasteiger partial charge in [-0.15, -0.1) is 0 Å². The zero-order chi connectivity index (χ0) is 11.4. The van der Waals surface area contributed by atoms with Crippen LogP contribution in [0.4, 0.5) is 0 Å². The van der Waals surface area contributed by atoms with E-state index in [1.54, 1.807) is 0 Å². The van der Waals surface area contributed by atoms with Crippen LogP contribution < -0.4 is 5.32 Å². The Hall–Kier alpha value is -0.570. The quantitative estimate of drug-likeness (QED) is 0.751. The second kappa shape index (κ2) is 5.50. The molecule has 1 N–H and O–H groups in total. The first-order valence-corrected chi connectivity index (χ1v) is 6.06. The van der Waals surface area contributed by atoms with Gasteiger partial charge in [-0.3, -0.25) is 4.79 Å². The van der Waals surface area contributed by atoms with Crippen LogP contribution in [0.25, 0.3) is 0 Å². The van der Waals surface area contributed by atoms with E-state index in [4.69, 9.17) is 0 Å². The first-order valence-electron chi connectivity index (χ1n) is 6.06. The number of nitrogens with one attached hydrogen (secondary N) is 1. The molecule has 0 radical (unpaired) electrons. The van der Waals surface area contributed by atoms with Gasteiger partial charge in [-0.05, 0) is 33.2 Å². The fraction of sp³-hybridized carbons (Fsp3) is 0.917. The van der Waals surface area contributed by atoms with Gasteiger partial charge in [0.25, 0.3) is 0 Å². The summed E-state index contributed by atoms with van der Waals surface area (Å²) in [7, 11) is 0. The average Bonchev–Trinajstić information content (AvgIpc) is 2.47. The first kappa shape index (κ1) is 12.5. The van der Waals surface area contributed by atoms with E-state index < -0.39 is 0 Å². The summed E-state index contributed by atoms with van der Waals surface area (Å²) >= 11 is 0. The van der Waals surface area contributed by atoms with Crippen LogP contribution in [0, 0.1) is 5.92 Å². The number of hydrogen-bond donors (Lipinski definition) is 1. The number of carbonyl (C=O) groups is 1. The Morgan fingerprint density at radius 3 is 2.53 bits per heavy atom. The molecule has 1 rings (SSSR count). The third kappa shape index (κ3) is 3.49. The lowest BCUT2D eigenvalue weighted by atomic mass is 10.0. The maximum absolute atomic E-state index is 11.9. The second-order valence-electron chi connectivity index (χ2n) is 5.01. The van der Waals surface area contributed by atoms with E-state index in [9.17, 15) is 4.79 Å². The van der Waals surface area contributed by atoms with Crippen LogP contribution in [0.2, 0.25) is 0 Å². The fourth-order valence-corrected chi connectivity index (χ4v) is 2.09. The van der Waals surface area contributed by atoms with Crippen LogP contribution in [0.3, 0.4) is 0 Å². The molecule has 0 bridgehead atoms. The maximum atomic E-state index is 11.9. The van der Waals surface area contributed by atoms with Crippen molar-refractivity contribution in [2.45, 2.75) is 52.6 Å².